The van der Waals surface area contributed by atoms with Crippen LogP contribution in [0.3, 0.4) is 0 Å². The Morgan fingerprint density at radius 1 is 1.09 bits per heavy atom. The highest BCUT2D eigenvalue weighted by Crippen LogP contribution is 2.47. The minimum atomic E-state index is -4.94. The average molecular weight is 364 g/mol. The molecule has 0 spiro atoms. The lowest BCUT2D eigenvalue weighted by atomic mass is 9.76. The molecule has 1 saturated carbocycles. The van der Waals surface area contributed by atoms with Crippen LogP contribution in [0.4, 0.5) is 26.3 Å². The summed E-state index contributed by atoms with van der Waals surface area (Å²) in [5, 5.41) is 0. The molecule has 2 nitrogen and oxygen atoms in total. The first-order chi connectivity index (χ1) is 10.1. The number of methoxy groups -OCH3 is 1. The highest BCUT2D eigenvalue weighted by atomic mass is 35.5. The van der Waals surface area contributed by atoms with Gasteiger partial charge in [0.2, 0.25) is 0 Å². The third-order valence-electron chi connectivity index (χ3n) is 3.99. The van der Waals surface area contributed by atoms with Gasteiger partial charge in [-0.05, 0) is 30.9 Å². The van der Waals surface area contributed by atoms with Gasteiger partial charge in [0.25, 0.3) is 0 Å². The van der Waals surface area contributed by atoms with Crippen LogP contribution >= 0.6 is 12.4 Å². The summed E-state index contributed by atoms with van der Waals surface area (Å²) in [6, 6.07) is -0.318. The Labute approximate surface area is 135 Å². The maximum Gasteiger partial charge on any atom is 0.416 e. The molecule has 0 bridgehead atoms. The molecule has 2 rings (SSSR count). The van der Waals surface area contributed by atoms with Crippen molar-refractivity contribution in [3.63, 3.8) is 0 Å². The summed E-state index contributed by atoms with van der Waals surface area (Å²) in [4.78, 5) is 0. The fourth-order valence-electron chi connectivity index (χ4n) is 2.57. The highest BCUT2D eigenvalue weighted by molar-refractivity contribution is 5.85. The van der Waals surface area contributed by atoms with Gasteiger partial charge in [-0.25, -0.2) is 0 Å². The molecule has 0 radical (unpaired) electrons. The highest BCUT2D eigenvalue weighted by Gasteiger charge is 2.42. The molecule has 1 aliphatic carbocycles. The van der Waals surface area contributed by atoms with Crippen LogP contribution in [0.1, 0.15) is 42.0 Å². The maximum absolute atomic E-state index is 13.2. The van der Waals surface area contributed by atoms with Crippen molar-refractivity contribution in [1.82, 2.24) is 0 Å². The van der Waals surface area contributed by atoms with Crippen LogP contribution in [0.15, 0.2) is 12.1 Å². The topological polar surface area (TPSA) is 35.2 Å². The van der Waals surface area contributed by atoms with Gasteiger partial charge in [0.1, 0.15) is 5.75 Å². The van der Waals surface area contributed by atoms with Crippen LogP contribution in [0.25, 0.3) is 0 Å². The Morgan fingerprint density at radius 2 is 1.65 bits per heavy atom. The van der Waals surface area contributed by atoms with Crippen LogP contribution in [-0.4, -0.2) is 7.11 Å². The van der Waals surface area contributed by atoms with Gasteiger partial charge in [0, 0.05) is 11.6 Å². The van der Waals surface area contributed by atoms with E-state index in [4.69, 9.17) is 10.5 Å². The van der Waals surface area contributed by atoms with Crippen molar-refractivity contribution in [3.05, 3.63) is 28.8 Å². The first-order valence-electron chi connectivity index (χ1n) is 6.67. The molecule has 9 heteroatoms. The molecule has 1 fully saturated rings. The van der Waals surface area contributed by atoms with E-state index in [9.17, 15) is 26.3 Å². The van der Waals surface area contributed by atoms with Crippen LogP contribution in [0, 0.1) is 5.92 Å². The van der Waals surface area contributed by atoms with E-state index in [0.29, 0.717) is 18.9 Å². The number of halogens is 7. The third-order valence-corrected chi connectivity index (χ3v) is 3.99. The van der Waals surface area contributed by atoms with Crippen LogP contribution < -0.4 is 10.5 Å². The summed E-state index contributed by atoms with van der Waals surface area (Å²) in [5.41, 5.74) is 2.70. The van der Waals surface area contributed by atoms with Crippen LogP contribution in [-0.2, 0) is 12.4 Å². The second-order valence-corrected chi connectivity index (χ2v) is 5.35. The summed E-state index contributed by atoms with van der Waals surface area (Å²) >= 11 is 0. The number of hydrogen-bond donors (Lipinski definition) is 1. The Morgan fingerprint density at radius 3 is 2.00 bits per heavy atom. The van der Waals surface area contributed by atoms with Crippen molar-refractivity contribution in [2.45, 2.75) is 37.7 Å². The Bertz CT molecular complexity index is 553. The zero-order chi connectivity index (χ0) is 16.7. The zero-order valence-corrected chi connectivity index (χ0v) is 12.9. The molecule has 1 aliphatic rings. The van der Waals surface area contributed by atoms with Crippen molar-refractivity contribution in [2.24, 2.45) is 11.7 Å². The van der Waals surface area contributed by atoms with Gasteiger partial charge in [-0.15, -0.1) is 12.4 Å². The third kappa shape index (κ3) is 4.03. The number of benzene rings is 1. The molecule has 1 aromatic carbocycles. The van der Waals surface area contributed by atoms with E-state index < -0.39 is 40.8 Å². The summed E-state index contributed by atoms with van der Waals surface area (Å²) in [7, 11) is 1.03. The molecular weight excluding hydrogens is 348 g/mol. The molecule has 0 amide bonds. The SMILES string of the molecule is COc1cc(C(F)(F)F)cc(C(F)(F)F)c1[C@@H](N)C1CCC1.Cl. The molecule has 1 aromatic rings. The molecule has 1 atom stereocenters. The van der Waals surface area contributed by atoms with Crippen molar-refractivity contribution >= 4 is 12.4 Å². The van der Waals surface area contributed by atoms with Gasteiger partial charge in [-0.3, -0.25) is 0 Å². The molecule has 0 heterocycles. The first kappa shape index (κ1) is 19.9. The van der Waals surface area contributed by atoms with E-state index in [0.717, 1.165) is 13.5 Å². The quantitative estimate of drug-likeness (QED) is 0.771. The monoisotopic (exact) mass is 363 g/mol. The smallest absolute Gasteiger partial charge is 0.416 e. The summed E-state index contributed by atoms with van der Waals surface area (Å²) in [5.74, 6) is -0.645. The van der Waals surface area contributed by atoms with Crippen molar-refractivity contribution in [1.29, 1.82) is 0 Å². The predicted molar refractivity (Wildman–Crippen MR) is 74.5 cm³/mol. The summed E-state index contributed by atoms with van der Waals surface area (Å²) < 4.78 is 82.7. The molecule has 132 valence electrons. The predicted octanol–water partition coefficient (Wildman–Crippen LogP) is 4.95. The number of alkyl halides is 6. The van der Waals surface area contributed by atoms with E-state index in [1.54, 1.807) is 0 Å². The molecule has 0 saturated heterocycles. The lowest BCUT2D eigenvalue weighted by Crippen LogP contribution is -2.30. The number of ether oxygens (including phenoxy) is 1. The van der Waals surface area contributed by atoms with Crippen molar-refractivity contribution in [2.75, 3.05) is 7.11 Å². The van der Waals surface area contributed by atoms with Crippen LogP contribution in [0.5, 0.6) is 5.75 Å². The van der Waals surface area contributed by atoms with E-state index in [2.05, 4.69) is 0 Å². The number of hydrogen-bond acceptors (Lipinski definition) is 2. The second-order valence-electron chi connectivity index (χ2n) is 5.35. The van der Waals surface area contributed by atoms with Gasteiger partial charge in [-0.2, -0.15) is 26.3 Å². The Kier molecular flexibility index (Phi) is 5.85. The zero-order valence-electron chi connectivity index (χ0n) is 12.1. The van der Waals surface area contributed by atoms with Gasteiger partial charge in [0.15, 0.2) is 0 Å². The van der Waals surface area contributed by atoms with Gasteiger partial charge in [-0.1, -0.05) is 6.42 Å². The number of nitrogens with two attached hydrogens (primary N) is 1. The minimum Gasteiger partial charge on any atom is -0.496 e. The van der Waals surface area contributed by atoms with E-state index in [1.807, 2.05) is 0 Å². The fraction of sp³-hybridized carbons (Fsp3) is 0.571. The molecular formula is C14H16ClF6NO. The standard InChI is InChI=1S/C14H15F6NO.ClH/c1-22-10-6-8(13(15,16)17)5-9(14(18,19)20)11(10)12(21)7-3-2-4-7;/h5-7,12H,2-4,21H2,1H3;1H/t12-;/m0./s1. The molecule has 23 heavy (non-hydrogen) atoms. The fourth-order valence-corrected chi connectivity index (χ4v) is 2.57. The van der Waals surface area contributed by atoms with Gasteiger partial charge < -0.3 is 10.5 Å². The van der Waals surface area contributed by atoms with Crippen molar-refractivity contribution < 1.29 is 31.1 Å². The Hall–Kier alpha value is -1.15. The van der Waals surface area contributed by atoms with E-state index in [-0.39, 0.29) is 24.4 Å². The normalized spacial score (nSPS) is 17.2. The largest absolute Gasteiger partial charge is 0.496 e. The minimum absolute atomic E-state index is 0. The Balaban J connectivity index is 0.00000264. The van der Waals surface area contributed by atoms with E-state index >= 15 is 0 Å². The summed E-state index contributed by atoms with van der Waals surface area (Å²) in [6.45, 7) is 0. The molecule has 2 N–H and O–H groups in total. The van der Waals surface area contributed by atoms with Crippen LogP contribution in [0.2, 0.25) is 0 Å². The molecule has 0 aliphatic heterocycles. The number of rotatable bonds is 3. The second kappa shape index (κ2) is 6.76. The average Bonchev–Trinajstić information content (AvgIpc) is 2.32. The molecule has 0 unspecified atom stereocenters. The van der Waals surface area contributed by atoms with Gasteiger partial charge >= 0.3 is 12.4 Å². The van der Waals surface area contributed by atoms with E-state index in [1.165, 1.54) is 0 Å². The lowest BCUT2D eigenvalue weighted by Gasteiger charge is -2.33. The van der Waals surface area contributed by atoms with Crippen molar-refractivity contribution in [3.8, 4) is 5.75 Å². The van der Waals surface area contributed by atoms with Gasteiger partial charge in [0.05, 0.1) is 18.2 Å². The molecule has 0 aromatic heterocycles. The first-order valence-corrected chi connectivity index (χ1v) is 6.67. The maximum atomic E-state index is 13.2. The summed E-state index contributed by atoms with van der Waals surface area (Å²) in [6.07, 6.45) is -7.68. The lowest BCUT2D eigenvalue weighted by molar-refractivity contribution is -0.143.